The van der Waals surface area contributed by atoms with E-state index in [1.807, 2.05) is 0 Å². The van der Waals surface area contributed by atoms with Crippen LogP contribution >= 0.6 is 15.9 Å². The summed E-state index contributed by atoms with van der Waals surface area (Å²) in [6.07, 6.45) is -2.63. The summed E-state index contributed by atoms with van der Waals surface area (Å²) >= 11 is 3.16. The molecule has 1 aromatic carbocycles. The summed E-state index contributed by atoms with van der Waals surface area (Å²) in [5, 5.41) is 9.39. The molecule has 0 spiro atoms. The van der Waals surface area contributed by atoms with Crippen LogP contribution in [0.4, 0.5) is 8.78 Å². The normalized spacial score (nSPS) is 13.2. The quantitative estimate of drug-likeness (QED) is 0.881. The Labute approximate surface area is 88.9 Å². The minimum atomic E-state index is -2.58. The molecule has 0 bridgehead atoms. The van der Waals surface area contributed by atoms with Gasteiger partial charge in [0.1, 0.15) is 5.75 Å². The maximum atomic E-state index is 12.2. The molecule has 1 rings (SSSR count). The van der Waals surface area contributed by atoms with Crippen LogP contribution in [0.5, 0.6) is 5.75 Å². The summed E-state index contributed by atoms with van der Waals surface area (Å²) in [5.41, 5.74) is 5.62. The highest BCUT2D eigenvalue weighted by Gasteiger charge is 2.18. The molecule has 1 atom stereocenters. The molecule has 5 heteroatoms. The lowest BCUT2D eigenvalue weighted by atomic mass is 10.1. The molecule has 2 nitrogen and oxygen atoms in total. The van der Waals surface area contributed by atoms with Gasteiger partial charge in [0.15, 0.2) is 0 Å². The molecule has 0 saturated carbocycles. The molecule has 1 aromatic rings. The van der Waals surface area contributed by atoms with Crippen molar-refractivity contribution < 1.29 is 13.9 Å². The molecule has 0 fully saturated rings. The van der Waals surface area contributed by atoms with Gasteiger partial charge in [-0.05, 0) is 18.6 Å². The van der Waals surface area contributed by atoms with Gasteiger partial charge in [-0.1, -0.05) is 22.0 Å². The summed E-state index contributed by atoms with van der Waals surface area (Å²) in [5.74, 6) is -0.0181. The SMILES string of the molecule is NC(Cc1c(O)cccc1Br)C(F)F. The first-order chi connectivity index (χ1) is 6.52. The number of aromatic hydroxyl groups is 1. The van der Waals surface area contributed by atoms with Crippen LogP contribution in [0, 0.1) is 0 Å². The molecule has 0 aromatic heterocycles. The number of phenols is 1. The van der Waals surface area contributed by atoms with E-state index in [1.165, 1.54) is 6.07 Å². The number of hydrogen-bond donors (Lipinski definition) is 2. The minimum Gasteiger partial charge on any atom is -0.508 e. The second kappa shape index (κ2) is 4.70. The second-order valence-electron chi connectivity index (χ2n) is 2.94. The average molecular weight is 266 g/mol. The van der Waals surface area contributed by atoms with Gasteiger partial charge in [-0.25, -0.2) is 8.78 Å². The lowest BCUT2D eigenvalue weighted by molar-refractivity contribution is 0.115. The fraction of sp³-hybridized carbons (Fsp3) is 0.333. The molecule has 78 valence electrons. The van der Waals surface area contributed by atoms with E-state index >= 15 is 0 Å². The van der Waals surface area contributed by atoms with Gasteiger partial charge in [0.05, 0.1) is 6.04 Å². The topological polar surface area (TPSA) is 46.2 Å². The van der Waals surface area contributed by atoms with Crippen molar-refractivity contribution in [3.8, 4) is 5.75 Å². The Morgan fingerprint density at radius 1 is 1.43 bits per heavy atom. The predicted molar refractivity (Wildman–Crippen MR) is 53.5 cm³/mol. The number of alkyl halides is 2. The lowest BCUT2D eigenvalue weighted by Gasteiger charge is -2.12. The van der Waals surface area contributed by atoms with Gasteiger partial charge in [-0.3, -0.25) is 0 Å². The Hall–Kier alpha value is -0.680. The van der Waals surface area contributed by atoms with Gasteiger partial charge in [0, 0.05) is 10.0 Å². The zero-order chi connectivity index (χ0) is 10.7. The van der Waals surface area contributed by atoms with Crippen LogP contribution in [0.2, 0.25) is 0 Å². The highest BCUT2D eigenvalue weighted by molar-refractivity contribution is 9.10. The highest BCUT2D eigenvalue weighted by Crippen LogP contribution is 2.27. The smallest absolute Gasteiger partial charge is 0.253 e. The van der Waals surface area contributed by atoms with Gasteiger partial charge in [-0.2, -0.15) is 0 Å². The zero-order valence-corrected chi connectivity index (χ0v) is 8.84. The summed E-state index contributed by atoms with van der Waals surface area (Å²) in [7, 11) is 0. The third-order valence-corrected chi connectivity index (χ3v) is 2.60. The van der Waals surface area contributed by atoms with Crippen molar-refractivity contribution in [2.75, 3.05) is 0 Å². The first-order valence-electron chi connectivity index (χ1n) is 4.02. The maximum absolute atomic E-state index is 12.2. The summed E-state index contributed by atoms with van der Waals surface area (Å²) in [6.45, 7) is 0. The largest absolute Gasteiger partial charge is 0.508 e. The zero-order valence-electron chi connectivity index (χ0n) is 7.25. The maximum Gasteiger partial charge on any atom is 0.253 e. The monoisotopic (exact) mass is 265 g/mol. The van der Waals surface area contributed by atoms with Crippen LogP contribution in [0.15, 0.2) is 22.7 Å². The highest BCUT2D eigenvalue weighted by atomic mass is 79.9. The van der Waals surface area contributed by atoms with E-state index in [-0.39, 0.29) is 12.2 Å². The average Bonchev–Trinajstić information content (AvgIpc) is 2.11. The molecule has 0 saturated heterocycles. The van der Waals surface area contributed by atoms with Gasteiger partial charge in [0.25, 0.3) is 6.43 Å². The van der Waals surface area contributed by atoms with Crippen LogP contribution in [0.1, 0.15) is 5.56 Å². The fourth-order valence-electron chi connectivity index (χ4n) is 1.07. The fourth-order valence-corrected chi connectivity index (χ4v) is 1.59. The van der Waals surface area contributed by atoms with Crippen LogP contribution in [-0.2, 0) is 6.42 Å². The molecule has 0 amide bonds. The van der Waals surface area contributed by atoms with Crippen LogP contribution in [0.3, 0.4) is 0 Å². The third-order valence-electron chi connectivity index (χ3n) is 1.86. The molecule has 0 aliphatic rings. The number of phenolic OH excluding ortho intramolecular Hbond substituents is 1. The molecule has 0 aliphatic carbocycles. The number of nitrogens with two attached hydrogens (primary N) is 1. The van der Waals surface area contributed by atoms with E-state index in [0.717, 1.165) is 0 Å². The standard InChI is InChI=1S/C9H10BrF2NO/c10-6-2-1-3-8(14)5(6)4-7(13)9(11)12/h1-3,7,9,14H,4,13H2. The Bertz CT molecular complexity index is 299. The van der Waals surface area contributed by atoms with Crippen molar-refractivity contribution in [1.29, 1.82) is 0 Å². The first kappa shape index (κ1) is 11.4. The van der Waals surface area contributed by atoms with Crippen LogP contribution in [0.25, 0.3) is 0 Å². The Morgan fingerprint density at radius 2 is 2.07 bits per heavy atom. The lowest BCUT2D eigenvalue weighted by Crippen LogP contribution is -2.31. The molecule has 0 aliphatic heterocycles. The first-order valence-corrected chi connectivity index (χ1v) is 4.81. The number of benzene rings is 1. The van der Waals surface area contributed by atoms with E-state index in [1.54, 1.807) is 12.1 Å². The van der Waals surface area contributed by atoms with Gasteiger partial charge in [0.2, 0.25) is 0 Å². The van der Waals surface area contributed by atoms with E-state index in [4.69, 9.17) is 5.73 Å². The molecule has 14 heavy (non-hydrogen) atoms. The third kappa shape index (κ3) is 2.65. The molecule has 0 radical (unpaired) electrons. The summed E-state index contributed by atoms with van der Waals surface area (Å²) in [4.78, 5) is 0. The summed E-state index contributed by atoms with van der Waals surface area (Å²) < 4.78 is 24.9. The van der Waals surface area contributed by atoms with Gasteiger partial charge in [-0.15, -0.1) is 0 Å². The molecular formula is C9H10BrF2NO. The summed E-state index contributed by atoms with van der Waals surface area (Å²) in [6, 6.07) is 3.49. The van der Waals surface area contributed by atoms with Gasteiger partial charge >= 0.3 is 0 Å². The molecule has 3 N–H and O–H groups in total. The van der Waals surface area contributed by atoms with Crippen molar-refractivity contribution in [2.45, 2.75) is 18.9 Å². The van der Waals surface area contributed by atoms with E-state index in [0.29, 0.717) is 10.0 Å². The number of hydrogen-bond acceptors (Lipinski definition) is 2. The molecule has 1 unspecified atom stereocenters. The van der Waals surface area contributed by atoms with Gasteiger partial charge < -0.3 is 10.8 Å². The van der Waals surface area contributed by atoms with Crippen molar-refractivity contribution in [2.24, 2.45) is 5.73 Å². The number of rotatable bonds is 3. The van der Waals surface area contributed by atoms with Crippen LogP contribution < -0.4 is 5.73 Å². The van der Waals surface area contributed by atoms with E-state index < -0.39 is 12.5 Å². The molecular weight excluding hydrogens is 256 g/mol. The number of halogens is 3. The van der Waals surface area contributed by atoms with Crippen LogP contribution in [-0.4, -0.2) is 17.6 Å². The Kier molecular flexibility index (Phi) is 3.83. The van der Waals surface area contributed by atoms with Crippen molar-refractivity contribution in [3.05, 3.63) is 28.2 Å². The second-order valence-corrected chi connectivity index (χ2v) is 3.79. The molecule has 0 heterocycles. The van der Waals surface area contributed by atoms with E-state index in [2.05, 4.69) is 15.9 Å². The predicted octanol–water partition coefficient (Wildman–Crippen LogP) is 2.29. The Morgan fingerprint density at radius 3 is 2.57 bits per heavy atom. The van der Waals surface area contributed by atoms with Crippen molar-refractivity contribution in [1.82, 2.24) is 0 Å². The van der Waals surface area contributed by atoms with Crippen molar-refractivity contribution >= 4 is 15.9 Å². The Balaban J connectivity index is 2.85. The minimum absolute atomic E-state index is 0.0181. The van der Waals surface area contributed by atoms with Crippen molar-refractivity contribution in [3.63, 3.8) is 0 Å². The van der Waals surface area contributed by atoms with E-state index in [9.17, 15) is 13.9 Å².